The van der Waals surface area contributed by atoms with Crippen LogP contribution in [0.5, 0.6) is 0 Å². The molecule has 0 radical (unpaired) electrons. The number of hydrogen-bond acceptors (Lipinski definition) is 3. The summed E-state index contributed by atoms with van der Waals surface area (Å²) < 4.78 is 29.1. The second-order valence-electron chi connectivity index (χ2n) is 4.58. The molecule has 0 heterocycles. The van der Waals surface area contributed by atoms with Gasteiger partial charge >= 0.3 is 0 Å². The molecule has 0 spiro atoms. The van der Waals surface area contributed by atoms with E-state index in [-0.39, 0.29) is 16.6 Å². The molecule has 2 aromatic rings. The lowest BCUT2D eigenvalue weighted by atomic mass is 10.1. The Hall–Kier alpha value is -0.890. The molecule has 21 heavy (non-hydrogen) atoms. The van der Waals surface area contributed by atoms with Gasteiger partial charge in [-0.2, -0.15) is 0 Å². The summed E-state index contributed by atoms with van der Waals surface area (Å²) in [6.07, 6.45) is 0. The minimum Gasteiger partial charge on any atom is -0.398 e. The summed E-state index contributed by atoms with van der Waals surface area (Å²) in [5.74, 6) is 0. The average molecular weight is 434 g/mol. The van der Waals surface area contributed by atoms with Crippen LogP contribution in [0.1, 0.15) is 18.5 Å². The first-order valence-corrected chi connectivity index (χ1v) is 9.19. The number of halogens is 2. The van der Waals surface area contributed by atoms with Crippen molar-refractivity contribution in [3.63, 3.8) is 0 Å². The monoisotopic (exact) mass is 432 g/mol. The second-order valence-corrected chi connectivity index (χ2v) is 8.09. The van der Waals surface area contributed by atoms with Crippen LogP contribution < -0.4 is 10.5 Å². The maximum absolute atomic E-state index is 12.4. The largest absolute Gasteiger partial charge is 0.398 e. The Kier molecular flexibility index (Phi) is 5.08. The van der Waals surface area contributed by atoms with Gasteiger partial charge in [0.05, 0.1) is 5.69 Å². The fraction of sp³-hybridized carbons (Fsp3) is 0.143. The maximum atomic E-state index is 12.4. The number of sulfonamides is 1. The molecule has 0 amide bonds. The lowest BCUT2D eigenvalue weighted by molar-refractivity contribution is 0.567. The van der Waals surface area contributed by atoms with Crippen LogP contribution in [0.25, 0.3) is 0 Å². The molecule has 2 rings (SSSR count). The van der Waals surface area contributed by atoms with Crippen molar-refractivity contribution < 1.29 is 8.42 Å². The molecule has 0 aliphatic rings. The molecule has 1 unspecified atom stereocenters. The first-order chi connectivity index (χ1) is 9.79. The van der Waals surface area contributed by atoms with E-state index in [4.69, 9.17) is 5.73 Å². The van der Waals surface area contributed by atoms with Gasteiger partial charge in [-0.1, -0.05) is 44.0 Å². The van der Waals surface area contributed by atoms with Gasteiger partial charge in [0, 0.05) is 15.0 Å². The zero-order chi connectivity index (χ0) is 15.6. The Morgan fingerprint density at radius 3 is 2.38 bits per heavy atom. The van der Waals surface area contributed by atoms with Crippen molar-refractivity contribution in [2.75, 3.05) is 5.73 Å². The zero-order valence-corrected chi connectivity index (χ0v) is 15.2. The first kappa shape index (κ1) is 16.5. The smallest absolute Gasteiger partial charge is 0.243 e. The number of nitrogens with two attached hydrogens (primary N) is 1. The third-order valence-corrected chi connectivity index (χ3v) is 5.54. The van der Waals surface area contributed by atoms with E-state index in [1.165, 1.54) is 6.07 Å². The molecule has 0 saturated heterocycles. The van der Waals surface area contributed by atoms with Gasteiger partial charge < -0.3 is 5.73 Å². The summed E-state index contributed by atoms with van der Waals surface area (Å²) in [6, 6.07) is 11.8. The van der Waals surface area contributed by atoms with Crippen molar-refractivity contribution in [1.82, 2.24) is 4.72 Å². The van der Waals surface area contributed by atoms with Crippen molar-refractivity contribution in [3.8, 4) is 0 Å². The van der Waals surface area contributed by atoms with Crippen LogP contribution in [0.4, 0.5) is 5.69 Å². The van der Waals surface area contributed by atoms with Crippen molar-refractivity contribution in [1.29, 1.82) is 0 Å². The van der Waals surface area contributed by atoms with Gasteiger partial charge in [0.25, 0.3) is 0 Å². The molecule has 2 aromatic carbocycles. The first-order valence-electron chi connectivity index (χ1n) is 6.12. The summed E-state index contributed by atoms with van der Waals surface area (Å²) in [5.41, 5.74) is 6.86. The van der Waals surface area contributed by atoms with Crippen molar-refractivity contribution in [3.05, 3.63) is 57.0 Å². The molecule has 4 nitrogen and oxygen atoms in total. The van der Waals surface area contributed by atoms with E-state index < -0.39 is 10.0 Å². The van der Waals surface area contributed by atoms with E-state index in [9.17, 15) is 8.42 Å². The quantitative estimate of drug-likeness (QED) is 0.719. The Balaban J connectivity index is 2.29. The predicted octanol–water partition coefficient (Wildman–Crippen LogP) is 3.83. The Bertz CT molecular complexity index is 763. The molecule has 0 aromatic heterocycles. The van der Waals surface area contributed by atoms with Gasteiger partial charge in [-0.25, -0.2) is 13.1 Å². The molecule has 0 aliphatic heterocycles. The molecular formula is C14H14Br2N2O2S. The highest BCUT2D eigenvalue weighted by Gasteiger charge is 2.21. The maximum Gasteiger partial charge on any atom is 0.243 e. The van der Waals surface area contributed by atoms with E-state index in [1.54, 1.807) is 19.1 Å². The van der Waals surface area contributed by atoms with Crippen molar-refractivity contribution >= 4 is 47.6 Å². The van der Waals surface area contributed by atoms with Gasteiger partial charge in [0.1, 0.15) is 4.90 Å². The Morgan fingerprint density at radius 2 is 1.76 bits per heavy atom. The average Bonchev–Trinajstić information content (AvgIpc) is 2.37. The Morgan fingerprint density at radius 1 is 1.10 bits per heavy atom. The Labute approximate surface area is 141 Å². The highest BCUT2D eigenvalue weighted by Crippen LogP contribution is 2.25. The number of nitrogens with one attached hydrogen (secondary N) is 1. The summed E-state index contributed by atoms with van der Waals surface area (Å²) in [6.45, 7) is 1.79. The van der Waals surface area contributed by atoms with Gasteiger partial charge in [-0.05, 0) is 42.8 Å². The molecule has 0 bridgehead atoms. The fourth-order valence-electron chi connectivity index (χ4n) is 1.90. The number of nitrogen functional groups attached to an aromatic ring is 1. The van der Waals surface area contributed by atoms with E-state index in [1.807, 2.05) is 24.3 Å². The lowest BCUT2D eigenvalue weighted by Crippen LogP contribution is -2.27. The predicted molar refractivity (Wildman–Crippen MR) is 91.4 cm³/mol. The molecule has 1 atom stereocenters. The van der Waals surface area contributed by atoms with Crippen LogP contribution >= 0.6 is 31.9 Å². The third kappa shape index (κ3) is 4.06. The summed E-state index contributed by atoms with van der Waals surface area (Å²) in [7, 11) is -3.68. The highest BCUT2D eigenvalue weighted by atomic mass is 79.9. The van der Waals surface area contributed by atoms with Crippen LogP contribution in [0, 0.1) is 0 Å². The zero-order valence-electron chi connectivity index (χ0n) is 11.2. The SMILES string of the molecule is CC(NS(=O)(=O)c1ccc(Br)cc1N)c1cccc(Br)c1. The topological polar surface area (TPSA) is 72.2 Å². The van der Waals surface area contributed by atoms with E-state index >= 15 is 0 Å². The summed E-state index contributed by atoms with van der Waals surface area (Å²) in [4.78, 5) is 0.0764. The van der Waals surface area contributed by atoms with Gasteiger partial charge in [0.15, 0.2) is 0 Å². The second kappa shape index (κ2) is 6.48. The van der Waals surface area contributed by atoms with E-state index in [0.717, 1.165) is 14.5 Å². The number of benzene rings is 2. The molecule has 0 fully saturated rings. The number of rotatable bonds is 4. The summed E-state index contributed by atoms with van der Waals surface area (Å²) >= 11 is 6.63. The van der Waals surface area contributed by atoms with Crippen LogP contribution in [-0.2, 0) is 10.0 Å². The van der Waals surface area contributed by atoms with Crippen LogP contribution in [0.15, 0.2) is 56.3 Å². The highest BCUT2D eigenvalue weighted by molar-refractivity contribution is 9.10. The van der Waals surface area contributed by atoms with Crippen LogP contribution in [0.2, 0.25) is 0 Å². The van der Waals surface area contributed by atoms with Crippen LogP contribution in [0.3, 0.4) is 0 Å². The van der Waals surface area contributed by atoms with Gasteiger partial charge in [0.2, 0.25) is 10.0 Å². The molecule has 7 heteroatoms. The number of anilines is 1. The molecular weight excluding hydrogens is 420 g/mol. The fourth-order valence-corrected chi connectivity index (χ4v) is 4.04. The van der Waals surface area contributed by atoms with Gasteiger partial charge in [-0.15, -0.1) is 0 Å². The standard InChI is InChI=1S/C14H14Br2N2O2S/c1-9(10-3-2-4-11(15)7-10)18-21(19,20)14-6-5-12(16)8-13(14)17/h2-9,18H,17H2,1H3. The molecule has 112 valence electrons. The lowest BCUT2D eigenvalue weighted by Gasteiger charge is -2.16. The van der Waals surface area contributed by atoms with Crippen molar-refractivity contribution in [2.24, 2.45) is 0 Å². The third-order valence-electron chi connectivity index (χ3n) is 2.94. The van der Waals surface area contributed by atoms with Crippen LogP contribution in [-0.4, -0.2) is 8.42 Å². The van der Waals surface area contributed by atoms with E-state index in [0.29, 0.717) is 0 Å². The van der Waals surface area contributed by atoms with E-state index in [2.05, 4.69) is 36.6 Å². The van der Waals surface area contributed by atoms with Gasteiger partial charge in [-0.3, -0.25) is 0 Å². The minimum atomic E-state index is -3.68. The minimum absolute atomic E-state index is 0.0764. The van der Waals surface area contributed by atoms with Crippen molar-refractivity contribution in [2.45, 2.75) is 17.9 Å². The number of hydrogen-bond donors (Lipinski definition) is 2. The summed E-state index contributed by atoms with van der Waals surface area (Å²) in [5, 5.41) is 0. The molecule has 3 N–H and O–H groups in total. The normalized spacial score (nSPS) is 13.1. The molecule has 0 saturated carbocycles. The molecule has 0 aliphatic carbocycles.